The topological polar surface area (TPSA) is 46.5 Å². The highest BCUT2D eigenvalue weighted by atomic mass is 79.9. The predicted molar refractivity (Wildman–Crippen MR) is 75.2 cm³/mol. The van der Waals surface area contributed by atoms with E-state index in [1.165, 1.54) is 6.92 Å². The molecule has 0 heterocycles. The van der Waals surface area contributed by atoms with Gasteiger partial charge >= 0.3 is 0 Å². The van der Waals surface area contributed by atoms with Crippen molar-refractivity contribution >= 4 is 21.7 Å². The molecule has 1 aromatic carbocycles. The monoisotopic (exact) mass is 314 g/mol. The number of halogens is 1. The number of rotatable bonds is 7. The van der Waals surface area contributed by atoms with E-state index in [0.29, 0.717) is 12.2 Å². The molecule has 100 valence electrons. The first kappa shape index (κ1) is 15.3. The molecule has 0 saturated carbocycles. The molecule has 0 aliphatic heterocycles. The zero-order valence-electron chi connectivity index (χ0n) is 10.7. The third kappa shape index (κ3) is 4.52. The molecule has 0 fully saturated rings. The molecule has 0 amide bonds. The van der Waals surface area contributed by atoms with Crippen LogP contribution >= 0.6 is 15.9 Å². The van der Waals surface area contributed by atoms with Gasteiger partial charge in [0.15, 0.2) is 5.78 Å². The summed E-state index contributed by atoms with van der Waals surface area (Å²) in [6.45, 7) is 3.83. The van der Waals surface area contributed by atoms with Crippen LogP contribution in [-0.4, -0.2) is 28.9 Å². The third-order valence-corrected chi connectivity index (χ3v) is 3.22. The summed E-state index contributed by atoms with van der Waals surface area (Å²) < 4.78 is 5.67. The van der Waals surface area contributed by atoms with Gasteiger partial charge in [0.05, 0.1) is 6.10 Å². The number of hydrogen-bond acceptors (Lipinski definition) is 3. The standard InChI is InChI=1S/C14H19BrO3/c1-10(16)12-4-6-13(7-5-12)14(11(2)17)18-9-3-8-15/h4-7,11,14,17H,3,8-9H2,1-2H3. The van der Waals surface area contributed by atoms with Crippen LogP contribution in [0.1, 0.15) is 42.3 Å². The summed E-state index contributed by atoms with van der Waals surface area (Å²) >= 11 is 3.34. The summed E-state index contributed by atoms with van der Waals surface area (Å²) in [6, 6.07) is 7.20. The summed E-state index contributed by atoms with van der Waals surface area (Å²) in [7, 11) is 0. The number of benzene rings is 1. The van der Waals surface area contributed by atoms with Crippen LogP contribution in [0.5, 0.6) is 0 Å². The molecule has 0 saturated heterocycles. The highest BCUT2D eigenvalue weighted by Gasteiger charge is 2.17. The first-order valence-electron chi connectivity index (χ1n) is 6.02. The Kier molecular flexibility index (Phi) is 6.54. The molecule has 0 spiro atoms. The highest BCUT2D eigenvalue weighted by molar-refractivity contribution is 9.09. The van der Waals surface area contributed by atoms with Crippen LogP contribution in [0.2, 0.25) is 0 Å². The van der Waals surface area contributed by atoms with Crippen LogP contribution in [-0.2, 0) is 4.74 Å². The number of Topliss-reactive ketones (excluding diaryl/α,β-unsaturated/α-hetero) is 1. The Balaban J connectivity index is 2.75. The van der Waals surface area contributed by atoms with Crippen LogP contribution in [0.25, 0.3) is 0 Å². The molecule has 1 aromatic rings. The van der Waals surface area contributed by atoms with Gasteiger partial charge in [-0.3, -0.25) is 4.79 Å². The van der Waals surface area contributed by atoms with E-state index in [0.717, 1.165) is 17.3 Å². The maximum atomic E-state index is 11.2. The molecule has 1 N–H and O–H groups in total. The lowest BCUT2D eigenvalue weighted by Gasteiger charge is -2.21. The van der Waals surface area contributed by atoms with E-state index in [2.05, 4.69) is 15.9 Å². The van der Waals surface area contributed by atoms with E-state index in [4.69, 9.17) is 4.74 Å². The minimum atomic E-state index is -0.580. The van der Waals surface area contributed by atoms with Gasteiger partial charge < -0.3 is 9.84 Å². The number of ether oxygens (including phenoxy) is 1. The van der Waals surface area contributed by atoms with Crippen molar-refractivity contribution in [3.05, 3.63) is 35.4 Å². The maximum Gasteiger partial charge on any atom is 0.159 e. The summed E-state index contributed by atoms with van der Waals surface area (Å²) in [5, 5.41) is 10.6. The average Bonchev–Trinajstić information content (AvgIpc) is 2.34. The molecule has 2 atom stereocenters. The first-order chi connectivity index (χ1) is 8.56. The van der Waals surface area contributed by atoms with Crippen molar-refractivity contribution in [2.24, 2.45) is 0 Å². The minimum absolute atomic E-state index is 0.0374. The van der Waals surface area contributed by atoms with Gasteiger partial charge in [0.2, 0.25) is 0 Å². The van der Waals surface area contributed by atoms with Crippen molar-refractivity contribution in [3.8, 4) is 0 Å². The molecule has 0 bridgehead atoms. The lowest BCUT2D eigenvalue weighted by atomic mass is 10.0. The van der Waals surface area contributed by atoms with Gasteiger partial charge in [-0.25, -0.2) is 0 Å². The van der Waals surface area contributed by atoms with Gasteiger partial charge in [-0.1, -0.05) is 40.2 Å². The number of aliphatic hydroxyl groups excluding tert-OH is 1. The number of carbonyl (C=O) groups is 1. The number of carbonyl (C=O) groups excluding carboxylic acids is 1. The van der Waals surface area contributed by atoms with Crippen molar-refractivity contribution in [2.45, 2.75) is 32.5 Å². The molecule has 18 heavy (non-hydrogen) atoms. The van der Waals surface area contributed by atoms with E-state index in [1.807, 2.05) is 12.1 Å². The van der Waals surface area contributed by atoms with Crippen LogP contribution in [0.15, 0.2) is 24.3 Å². The second kappa shape index (κ2) is 7.67. The quantitative estimate of drug-likeness (QED) is 0.478. The Hall–Kier alpha value is -0.710. The molecule has 4 heteroatoms. The van der Waals surface area contributed by atoms with Crippen molar-refractivity contribution in [3.63, 3.8) is 0 Å². The zero-order valence-corrected chi connectivity index (χ0v) is 12.3. The van der Waals surface area contributed by atoms with E-state index in [1.54, 1.807) is 19.1 Å². The second-order valence-corrected chi connectivity index (χ2v) is 5.05. The maximum absolute atomic E-state index is 11.2. The predicted octanol–water partition coefficient (Wildman–Crippen LogP) is 3.11. The number of ketones is 1. The molecule has 0 aliphatic rings. The number of hydrogen-bond donors (Lipinski definition) is 1. The van der Waals surface area contributed by atoms with Crippen molar-refractivity contribution in [2.75, 3.05) is 11.9 Å². The summed E-state index contributed by atoms with van der Waals surface area (Å²) in [4.78, 5) is 11.2. The Morgan fingerprint density at radius 3 is 2.44 bits per heavy atom. The summed E-state index contributed by atoms with van der Waals surface area (Å²) in [5.74, 6) is 0.0374. The van der Waals surface area contributed by atoms with Gasteiger partial charge in [0.25, 0.3) is 0 Å². The molecular weight excluding hydrogens is 296 g/mol. The van der Waals surface area contributed by atoms with Crippen LogP contribution in [0, 0.1) is 0 Å². The van der Waals surface area contributed by atoms with Gasteiger partial charge in [-0.05, 0) is 25.8 Å². The van der Waals surface area contributed by atoms with Gasteiger partial charge in [-0.2, -0.15) is 0 Å². The summed E-state index contributed by atoms with van der Waals surface area (Å²) in [6.07, 6.45) is -0.0251. The van der Waals surface area contributed by atoms with Crippen LogP contribution < -0.4 is 0 Å². The fourth-order valence-corrected chi connectivity index (χ4v) is 1.92. The van der Waals surface area contributed by atoms with E-state index < -0.39 is 6.10 Å². The van der Waals surface area contributed by atoms with Crippen molar-refractivity contribution in [1.29, 1.82) is 0 Å². The van der Waals surface area contributed by atoms with Gasteiger partial charge in [-0.15, -0.1) is 0 Å². The number of alkyl halides is 1. The Bertz CT molecular complexity index is 373. The smallest absolute Gasteiger partial charge is 0.159 e. The fourth-order valence-electron chi connectivity index (χ4n) is 1.69. The third-order valence-electron chi connectivity index (χ3n) is 2.66. The van der Waals surface area contributed by atoms with E-state index in [-0.39, 0.29) is 11.9 Å². The molecule has 1 rings (SSSR count). The van der Waals surface area contributed by atoms with Crippen LogP contribution in [0.4, 0.5) is 0 Å². The van der Waals surface area contributed by atoms with Gasteiger partial charge in [0.1, 0.15) is 6.10 Å². The molecule has 0 radical (unpaired) electrons. The fraction of sp³-hybridized carbons (Fsp3) is 0.500. The normalized spacial score (nSPS) is 14.2. The molecule has 0 aromatic heterocycles. The summed E-state index contributed by atoms with van der Waals surface area (Å²) in [5.41, 5.74) is 1.56. The lowest BCUT2D eigenvalue weighted by molar-refractivity contribution is -0.0306. The van der Waals surface area contributed by atoms with E-state index >= 15 is 0 Å². The zero-order chi connectivity index (χ0) is 13.5. The average molecular weight is 315 g/mol. The van der Waals surface area contributed by atoms with Crippen molar-refractivity contribution in [1.82, 2.24) is 0 Å². The van der Waals surface area contributed by atoms with E-state index in [9.17, 15) is 9.90 Å². The Labute approximate surface area is 116 Å². The first-order valence-corrected chi connectivity index (χ1v) is 7.15. The van der Waals surface area contributed by atoms with Crippen molar-refractivity contribution < 1.29 is 14.6 Å². The molecular formula is C14H19BrO3. The number of aliphatic hydroxyl groups is 1. The molecule has 0 aliphatic carbocycles. The SMILES string of the molecule is CC(=O)c1ccc(C(OCCCBr)C(C)O)cc1. The Morgan fingerprint density at radius 2 is 2.00 bits per heavy atom. The highest BCUT2D eigenvalue weighted by Crippen LogP contribution is 2.22. The van der Waals surface area contributed by atoms with Crippen LogP contribution in [0.3, 0.4) is 0 Å². The molecule has 3 nitrogen and oxygen atoms in total. The minimum Gasteiger partial charge on any atom is -0.390 e. The van der Waals surface area contributed by atoms with Gasteiger partial charge in [0, 0.05) is 17.5 Å². The lowest BCUT2D eigenvalue weighted by Crippen LogP contribution is -2.19. The Morgan fingerprint density at radius 1 is 1.39 bits per heavy atom. The largest absolute Gasteiger partial charge is 0.390 e. The second-order valence-electron chi connectivity index (χ2n) is 4.25. The molecule has 2 unspecified atom stereocenters.